The van der Waals surface area contributed by atoms with Crippen LogP contribution in [0.4, 0.5) is 0 Å². The first-order valence-electron chi connectivity index (χ1n) is 6.85. The largest absolute Gasteiger partial charge is 0.366 e. The van der Waals surface area contributed by atoms with Crippen LogP contribution < -0.4 is 11.1 Å². The minimum absolute atomic E-state index is 0.0126. The molecule has 2 aromatic rings. The van der Waals surface area contributed by atoms with Crippen LogP contribution in [0.2, 0.25) is 0 Å². The van der Waals surface area contributed by atoms with Gasteiger partial charge in [0.1, 0.15) is 5.69 Å². The predicted octanol–water partition coefficient (Wildman–Crippen LogP) is 1.36. The molecule has 1 aromatic heterocycles. The van der Waals surface area contributed by atoms with E-state index in [1.54, 1.807) is 12.1 Å². The molecule has 2 heterocycles. The third kappa shape index (κ3) is 1.32. The summed E-state index contributed by atoms with van der Waals surface area (Å²) in [5.41, 5.74) is 7.46. The van der Waals surface area contributed by atoms with Crippen molar-refractivity contribution in [2.75, 3.05) is 6.54 Å². The Labute approximate surface area is 115 Å². The average Bonchev–Trinajstić information content (AvgIpc) is 2.77. The van der Waals surface area contributed by atoms with E-state index in [1.165, 1.54) is 6.42 Å². The highest BCUT2D eigenvalue weighted by atomic mass is 16.2. The van der Waals surface area contributed by atoms with E-state index in [4.69, 9.17) is 5.73 Å². The Bertz CT molecular complexity index is 756. The second-order valence-electron chi connectivity index (χ2n) is 5.76. The van der Waals surface area contributed by atoms with Gasteiger partial charge in [-0.15, -0.1) is 0 Å². The first-order valence-corrected chi connectivity index (χ1v) is 6.85. The van der Waals surface area contributed by atoms with Gasteiger partial charge in [0.05, 0.1) is 11.1 Å². The van der Waals surface area contributed by atoms with Gasteiger partial charge in [0.25, 0.3) is 5.91 Å². The summed E-state index contributed by atoms with van der Waals surface area (Å²) in [6, 6.07) is 7.27. The van der Waals surface area contributed by atoms with Gasteiger partial charge in [-0.2, -0.15) is 0 Å². The van der Waals surface area contributed by atoms with Gasteiger partial charge in [0.15, 0.2) is 0 Å². The van der Waals surface area contributed by atoms with E-state index in [1.807, 2.05) is 12.1 Å². The van der Waals surface area contributed by atoms with Crippen molar-refractivity contribution in [3.05, 3.63) is 35.5 Å². The topological polar surface area (TPSA) is 77.1 Å². The molecule has 1 fully saturated rings. The summed E-state index contributed by atoms with van der Waals surface area (Å²) in [4.78, 5) is 23.5. The highest BCUT2D eigenvalue weighted by Gasteiger charge is 2.44. The van der Waals surface area contributed by atoms with E-state index >= 15 is 0 Å². The van der Waals surface area contributed by atoms with Crippen LogP contribution in [0.15, 0.2) is 24.3 Å². The Morgan fingerprint density at radius 3 is 2.75 bits per heavy atom. The molecule has 0 radical (unpaired) electrons. The molecule has 3 N–H and O–H groups in total. The molecule has 102 valence electrons. The van der Waals surface area contributed by atoms with Crippen molar-refractivity contribution in [2.45, 2.75) is 24.8 Å². The Hall–Kier alpha value is -2.30. The fourth-order valence-electron chi connectivity index (χ4n) is 3.43. The summed E-state index contributed by atoms with van der Waals surface area (Å²) < 4.78 is 2.12. The van der Waals surface area contributed by atoms with Gasteiger partial charge < -0.3 is 15.6 Å². The summed E-state index contributed by atoms with van der Waals surface area (Å²) >= 11 is 0. The van der Waals surface area contributed by atoms with E-state index in [9.17, 15) is 9.59 Å². The fraction of sp³-hybridized carbons (Fsp3) is 0.333. The Kier molecular flexibility index (Phi) is 2.09. The minimum atomic E-state index is -0.439. The van der Waals surface area contributed by atoms with Crippen LogP contribution in [-0.4, -0.2) is 22.9 Å². The summed E-state index contributed by atoms with van der Waals surface area (Å²) in [5, 5.41) is 3.96. The zero-order chi connectivity index (χ0) is 13.9. The van der Waals surface area contributed by atoms with Crippen molar-refractivity contribution in [3.8, 4) is 0 Å². The summed E-state index contributed by atoms with van der Waals surface area (Å²) in [7, 11) is 0. The lowest BCUT2D eigenvalue weighted by atomic mass is 9.75. The number of benzene rings is 1. The second-order valence-corrected chi connectivity index (χ2v) is 5.76. The molecule has 1 saturated carbocycles. The van der Waals surface area contributed by atoms with Gasteiger partial charge >= 0.3 is 0 Å². The molecule has 1 aliphatic carbocycles. The lowest BCUT2D eigenvalue weighted by molar-refractivity contribution is 0.0763. The Morgan fingerprint density at radius 1 is 1.30 bits per heavy atom. The van der Waals surface area contributed by atoms with Gasteiger partial charge in [0.2, 0.25) is 5.91 Å². The highest BCUT2D eigenvalue weighted by Crippen LogP contribution is 2.44. The van der Waals surface area contributed by atoms with Crippen molar-refractivity contribution < 1.29 is 9.59 Å². The average molecular weight is 269 g/mol. The first-order chi connectivity index (χ1) is 9.61. The molecule has 1 spiro atoms. The molecule has 5 heteroatoms. The molecule has 2 amide bonds. The van der Waals surface area contributed by atoms with E-state index in [0.717, 1.165) is 23.7 Å². The molecule has 0 saturated heterocycles. The number of fused-ring (bicyclic) bond motifs is 4. The van der Waals surface area contributed by atoms with Gasteiger partial charge in [-0.05, 0) is 37.5 Å². The van der Waals surface area contributed by atoms with Crippen molar-refractivity contribution in [1.29, 1.82) is 0 Å². The number of nitrogens with zero attached hydrogens (tertiary/aromatic N) is 1. The number of hydrogen-bond donors (Lipinski definition) is 2. The van der Waals surface area contributed by atoms with Crippen molar-refractivity contribution in [1.82, 2.24) is 9.88 Å². The molecular weight excluding hydrogens is 254 g/mol. The van der Waals surface area contributed by atoms with Crippen LogP contribution in [0.25, 0.3) is 10.9 Å². The second kappa shape index (κ2) is 3.62. The summed E-state index contributed by atoms with van der Waals surface area (Å²) in [5.74, 6) is -0.482. The number of rotatable bonds is 1. The third-order valence-electron chi connectivity index (χ3n) is 4.66. The molecule has 1 aromatic carbocycles. The quantitative estimate of drug-likeness (QED) is 0.820. The molecule has 0 unspecified atom stereocenters. The number of nitrogens with one attached hydrogen (secondary N) is 1. The monoisotopic (exact) mass is 269 g/mol. The zero-order valence-corrected chi connectivity index (χ0v) is 11.0. The van der Waals surface area contributed by atoms with E-state index in [2.05, 4.69) is 9.88 Å². The number of carbonyl (C=O) groups excluding carboxylic acids is 2. The van der Waals surface area contributed by atoms with Crippen LogP contribution >= 0.6 is 0 Å². The zero-order valence-electron chi connectivity index (χ0n) is 11.0. The predicted molar refractivity (Wildman–Crippen MR) is 74.6 cm³/mol. The molecule has 2 aliphatic rings. The van der Waals surface area contributed by atoms with Crippen LogP contribution in [0.3, 0.4) is 0 Å². The SMILES string of the molecule is NC(=O)c1ccc2cc3n(c2c1)C1(CCC1)CNC3=O. The van der Waals surface area contributed by atoms with Crippen molar-refractivity contribution in [2.24, 2.45) is 5.73 Å². The van der Waals surface area contributed by atoms with Crippen LogP contribution in [0.1, 0.15) is 40.1 Å². The standard InChI is InChI=1S/C15H15N3O2/c16-13(19)10-3-2-9-6-12-14(20)17-8-15(4-1-5-15)18(12)11(9)7-10/h2-3,6-7H,1,4-5,8H2,(H2,16,19)(H,17,20). The normalized spacial score (nSPS) is 19.5. The molecule has 0 atom stereocenters. The van der Waals surface area contributed by atoms with Gasteiger partial charge in [-0.25, -0.2) is 0 Å². The minimum Gasteiger partial charge on any atom is -0.366 e. The molecule has 20 heavy (non-hydrogen) atoms. The fourth-order valence-corrected chi connectivity index (χ4v) is 3.43. The lowest BCUT2D eigenvalue weighted by Crippen LogP contribution is -2.55. The molecule has 4 rings (SSSR count). The van der Waals surface area contributed by atoms with Gasteiger partial charge in [-0.3, -0.25) is 9.59 Å². The van der Waals surface area contributed by atoms with Crippen LogP contribution in [0, 0.1) is 0 Å². The highest BCUT2D eigenvalue weighted by molar-refractivity contribution is 6.02. The maximum absolute atomic E-state index is 12.1. The molecule has 1 aliphatic heterocycles. The number of aromatic nitrogens is 1. The maximum Gasteiger partial charge on any atom is 0.268 e. The van der Waals surface area contributed by atoms with Crippen LogP contribution in [0.5, 0.6) is 0 Å². The van der Waals surface area contributed by atoms with Gasteiger partial charge in [0, 0.05) is 17.5 Å². The van der Waals surface area contributed by atoms with Crippen LogP contribution in [-0.2, 0) is 5.54 Å². The molecule has 0 bridgehead atoms. The summed E-state index contributed by atoms with van der Waals surface area (Å²) in [6.45, 7) is 0.670. The number of hydrogen-bond acceptors (Lipinski definition) is 2. The smallest absolute Gasteiger partial charge is 0.268 e. The summed E-state index contributed by atoms with van der Waals surface area (Å²) in [6.07, 6.45) is 3.29. The number of amides is 2. The van der Waals surface area contributed by atoms with E-state index in [-0.39, 0.29) is 11.4 Å². The van der Waals surface area contributed by atoms with E-state index < -0.39 is 5.91 Å². The maximum atomic E-state index is 12.1. The molecule has 5 nitrogen and oxygen atoms in total. The van der Waals surface area contributed by atoms with Gasteiger partial charge in [-0.1, -0.05) is 6.07 Å². The Balaban J connectivity index is 2.03. The lowest BCUT2D eigenvalue weighted by Gasteiger charge is -2.47. The number of primary amides is 1. The molecular formula is C15H15N3O2. The number of nitrogens with two attached hydrogens (primary N) is 1. The van der Waals surface area contributed by atoms with Crippen molar-refractivity contribution in [3.63, 3.8) is 0 Å². The first kappa shape index (κ1) is 11.5. The number of carbonyl (C=O) groups is 2. The Morgan fingerprint density at radius 2 is 2.10 bits per heavy atom. The van der Waals surface area contributed by atoms with Crippen molar-refractivity contribution >= 4 is 22.7 Å². The third-order valence-corrected chi connectivity index (χ3v) is 4.66. The van der Waals surface area contributed by atoms with E-state index in [0.29, 0.717) is 17.8 Å².